The van der Waals surface area contributed by atoms with Crippen LogP contribution in [0, 0.1) is 17.6 Å². The number of halogens is 4. The normalized spacial score (nSPS) is 19.1. The lowest BCUT2D eigenvalue weighted by Gasteiger charge is -2.42. The van der Waals surface area contributed by atoms with Crippen molar-refractivity contribution in [2.24, 2.45) is 5.92 Å². The van der Waals surface area contributed by atoms with Crippen molar-refractivity contribution in [3.05, 3.63) is 69.2 Å². The molecule has 2 aliphatic rings. The average molecular weight is 482 g/mol. The van der Waals surface area contributed by atoms with Crippen LogP contribution in [0.2, 0.25) is 10.0 Å². The van der Waals surface area contributed by atoms with Gasteiger partial charge in [-0.15, -0.1) is 0 Å². The lowest BCUT2D eigenvalue weighted by atomic mass is 9.72. The van der Waals surface area contributed by atoms with Gasteiger partial charge in [-0.2, -0.15) is 0 Å². The monoisotopic (exact) mass is 481 g/mol. The van der Waals surface area contributed by atoms with Crippen molar-refractivity contribution in [2.75, 3.05) is 26.3 Å². The zero-order valence-corrected chi connectivity index (χ0v) is 18.9. The number of amides is 1. The molecule has 0 spiro atoms. The van der Waals surface area contributed by atoms with Gasteiger partial charge in [0.15, 0.2) is 5.78 Å². The van der Waals surface area contributed by atoms with E-state index in [-0.39, 0.29) is 11.5 Å². The van der Waals surface area contributed by atoms with Gasteiger partial charge in [0.1, 0.15) is 11.6 Å². The second-order valence-corrected chi connectivity index (χ2v) is 9.22. The van der Waals surface area contributed by atoms with Crippen LogP contribution in [-0.2, 0) is 14.9 Å². The Hall–Kier alpha value is -2.02. The Labute approximate surface area is 195 Å². The van der Waals surface area contributed by atoms with Crippen molar-refractivity contribution in [3.8, 4) is 0 Å². The Morgan fingerprint density at radius 2 is 1.69 bits per heavy atom. The van der Waals surface area contributed by atoms with Crippen LogP contribution in [0.3, 0.4) is 0 Å². The largest absolute Gasteiger partial charge is 0.381 e. The van der Waals surface area contributed by atoms with Crippen LogP contribution in [0.5, 0.6) is 0 Å². The molecule has 2 fully saturated rings. The van der Waals surface area contributed by atoms with Gasteiger partial charge in [-0.3, -0.25) is 9.59 Å². The molecule has 4 nitrogen and oxygen atoms in total. The number of carbonyl (C=O) groups is 2. The minimum absolute atomic E-state index is 0.0483. The van der Waals surface area contributed by atoms with Gasteiger partial charge >= 0.3 is 0 Å². The van der Waals surface area contributed by atoms with E-state index in [1.54, 1.807) is 23.1 Å². The Bertz CT molecular complexity index is 1030. The zero-order chi connectivity index (χ0) is 22.9. The average Bonchev–Trinajstić information content (AvgIpc) is 2.80. The SMILES string of the molecule is O=C(c1cc(F)ccc1F)C1CCN(C(=O)C2(c3ccc(Cl)cc3Cl)CCOCC2)CC1. The summed E-state index contributed by atoms with van der Waals surface area (Å²) < 4.78 is 33.1. The standard InChI is InChI=1S/C24H23Cl2F2NO3/c25-16-1-3-19(20(26)13-16)24(7-11-32-12-8-24)23(31)29-9-5-15(6-10-29)22(30)18-14-17(27)2-4-21(18)28/h1-4,13-15H,5-12H2. The molecular weight excluding hydrogens is 459 g/mol. The fourth-order valence-corrected chi connectivity index (χ4v) is 5.34. The maximum Gasteiger partial charge on any atom is 0.233 e. The summed E-state index contributed by atoms with van der Waals surface area (Å²) in [6, 6.07) is 8.06. The molecule has 8 heteroatoms. The predicted octanol–water partition coefficient (Wildman–Crippen LogP) is 5.44. The molecule has 2 heterocycles. The lowest BCUT2D eigenvalue weighted by molar-refractivity contribution is -0.142. The van der Waals surface area contributed by atoms with Gasteiger partial charge in [0.2, 0.25) is 5.91 Å². The predicted molar refractivity (Wildman–Crippen MR) is 118 cm³/mol. The summed E-state index contributed by atoms with van der Waals surface area (Å²) in [5.74, 6) is -2.30. The quantitative estimate of drug-likeness (QED) is 0.546. The smallest absolute Gasteiger partial charge is 0.233 e. The highest BCUT2D eigenvalue weighted by Gasteiger charge is 2.46. The molecule has 32 heavy (non-hydrogen) atoms. The molecule has 2 aliphatic heterocycles. The summed E-state index contributed by atoms with van der Waals surface area (Å²) >= 11 is 12.5. The third-order valence-electron chi connectivity index (χ3n) is 6.55. The summed E-state index contributed by atoms with van der Waals surface area (Å²) in [7, 11) is 0. The summed E-state index contributed by atoms with van der Waals surface area (Å²) in [6.07, 6.45) is 1.78. The van der Waals surface area contributed by atoms with E-state index in [1.165, 1.54) is 0 Å². The number of ether oxygens (including phenoxy) is 1. The summed E-state index contributed by atoms with van der Waals surface area (Å²) in [6.45, 7) is 1.61. The lowest BCUT2D eigenvalue weighted by Crippen LogP contribution is -2.52. The van der Waals surface area contributed by atoms with E-state index in [9.17, 15) is 18.4 Å². The van der Waals surface area contributed by atoms with Crippen LogP contribution in [0.4, 0.5) is 8.78 Å². The first-order valence-electron chi connectivity index (χ1n) is 10.6. The van der Waals surface area contributed by atoms with E-state index in [0.29, 0.717) is 62.0 Å². The molecule has 0 aliphatic carbocycles. The van der Waals surface area contributed by atoms with Gasteiger partial charge in [0.05, 0.1) is 11.0 Å². The second-order valence-electron chi connectivity index (χ2n) is 8.37. The fourth-order valence-electron chi connectivity index (χ4n) is 4.75. The number of hydrogen-bond donors (Lipinski definition) is 0. The van der Waals surface area contributed by atoms with E-state index in [0.717, 1.165) is 23.8 Å². The van der Waals surface area contributed by atoms with Crippen LogP contribution in [0.25, 0.3) is 0 Å². The number of rotatable bonds is 4. The summed E-state index contributed by atoms with van der Waals surface area (Å²) in [5, 5.41) is 0.941. The van der Waals surface area contributed by atoms with Crippen LogP contribution in [-0.4, -0.2) is 42.9 Å². The molecule has 0 unspecified atom stereocenters. The van der Waals surface area contributed by atoms with Gasteiger partial charge in [-0.05, 0) is 61.6 Å². The molecular formula is C24H23Cl2F2NO3. The number of piperidine rings is 1. The molecule has 0 bridgehead atoms. The molecule has 0 N–H and O–H groups in total. The number of Topliss-reactive ketones (excluding diaryl/α,β-unsaturated/α-hetero) is 1. The van der Waals surface area contributed by atoms with E-state index in [1.807, 2.05) is 0 Å². The first-order chi connectivity index (χ1) is 15.3. The Morgan fingerprint density at radius 1 is 1.00 bits per heavy atom. The molecule has 2 aromatic carbocycles. The third kappa shape index (κ3) is 4.41. The fraction of sp³-hybridized carbons (Fsp3) is 0.417. The molecule has 0 saturated carbocycles. The second kappa shape index (κ2) is 9.46. The molecule has 0 radical (unpaired) electrons. The third-order valence-corrected chi connectivity index (χ3v) is 7.10. The highest BCUT2D eigenvalue weighted by molar-refractivity contribution is 6.35. The Morgan fingerprint density at radius 3 is 2.34 bits per heavy atom. The van der Waals surface area contributed by atoms with Gasteiger partial charge in [-0.25, -0.2) is 8.78 Å². The van der Waals surface area contributed by atoms with Gasteiger partial charge < -0.3 is 9.64 Å². The van der Waals surface area contributed by atoms with Crippen LogP contribution in [0.1, 0.15) is 41.6 Å². The minimum atomic E-state index is -0.814. The molecule has 2 aromatic rings. The van der Waals surface area contributed by atoms with Crippen LogP contribution < -0.4 is 0 Å². The highest BCUT2D eigenvalue weighted by atomic mass is 35.5. The van der Waals surface area contributed by atoms with Crippen molar-refractivity contribution in [1.82, 2.24) is 4.90 Å². The number of nitrogens with zero attached hydrogens (tertiary/aromatic N) is 1. The molecule has 0 atom stereocenters. The first kappa shape index (κ1) is 23.1. The summed E-state index contributed by atoms with van der Waals surface area (Å²) in [5.41, 5.74) is -0.314. The molecule has 0 aromatic heterocycles. The molecule has 2 saturated heterocycles. The zero-order valence-electron chi connectivity index (χ0n) is 17.4. The van der Waals surface area contributed by atoms with Crippen molar-refractivity contribution in [2.45, 2.75) is 31.1 Å². The summed E-state index contributed by atoms with van der Waals surface area (Å²) in [4.78, 5) is 28.2. The maximum atomic E-state index is 14.0. The minimum Gasteiger partial charge on any atom is -0.381 e. The molecule has 170 valence electrons. The first-order valence-corrected chi connectivity index (χ1v) is 11.4. The van der Waals surface area contributed by atoms with E-state index in [2.05, 4.69) is 0 Å². The molecule has 1 amide bonds. The number of likely N-dealkylation sites (tertiary alicyclic amines) is 1. The number of ketones is 1. The van der Waals surface area contributed by atoms with Crippen LogP contribution >= 0.6 is 23.2 Å². The van der Waals surface area contributed by atoms with Crippen molar-refractivity contribution < 1.29 is 23.1 Å². The number of benzene rings is 2. The van der Waals surface area contributed by atoms with E-state index in [4.69, 9.17) is 27.9 Å². The maximum absolute atomic E-state index is 14.0. The van der Waals surface area contributed by atoms with Gasteiger partial charge in [-0.1, -0.05) is 29.3 Å². The molecule has 4 rings (SSSR count). The Balaban J connectivity index is 1.52. The van der Waals surface area contributed by atoms with Crippen molar-refractivity contribution >= 4 is 34.9 Å². The highest BCUT2D eigenvalue weighted by Crippen LogP contribution is 2.42. The van der Waals surface area contributed by atoms with Gasteiger partial charge in [0, 0.05) is 42.3 Å². The van der Waals surface area contributed by atoms with E-state index < -0.39 is 28.8 Å². The van der Waals surface area contributed by atoms with Gasteiger partial charge in [0.25, 0.3) is 0 Å². The van der Waals surface area contributed by atoms with Crippen molar-refractivity contribution in [3.63, 3.8) is 0 Å². The topological polar surface area (TPSA) is 46.6 Å². The Kier molecular flexibility index (Phi) is 6.84. The van der Waals surface area contributed by atoms with E-state index >= 15 is 0 Å². The van der Waals surface area contributed by atoms with Crippen LogP contribution in [0.15, 0.2) is 36.4 Å². The number of carbonyl (C=O) groups excluding carboxylic acids is 2. The number of hydrogen-bond acceptors (Lipinski definition) is 3. The van der Waals surface area contributed by atoms with Crippen molar-refractivity contribution in [1.29, 1.82) is 0 Å².